The molecule has 10 atom stereocenters. The smallest absolute Gasteiger partial charge is 0.245 e. The van der Waals surface area contributed by atoms with Crippen LogP contribution in [0.3, 0.4) is 0 Å². The number of aliphatic hydroxyl groups is 2. The molecule has 0 aliphatic rings. The van der Waals surface area contributed by atoms with E-state index in [1.165, 1.54) is 20.8 Å². The van der Waals surface area contributed by atoms with E-state index in [-0.39, 0.29) is 89.5 Å². The normalized spacial score (nSPS) is 13.9. The summed E-state index contributed by atoms with van der Waals surface area (Å²) < 4.78 is 0. The van der Waals surface area contributed by atoms with Crippen LogP contribution in [0.2, 0.25) is 0 Å². The molecule has 0 bridgehead atoms. The van der Waals surface area contributed by atoms with E-state index in [9.17, 15) is 72.5 Å². The highest BCUT2D eigenvalue weighted by atomic mass is 16.3. The van der Waals surface area contributed by atoms with Gasteiger partial charge >= 0.3 is 0 Å². The van der Waals surface area contributed by atoms with Crippen molar-refractivity contribution in [3.8, 4) is 0 Å². The van der Waals surface area contributed by atoms with Crippen LogP contribution in [0.1, 0.15) is 102 Å². The van der Waals surface area contributed by atoms with E-state index in [1.54, 1.807) is 30.3 Å². The number of rotatable bonds is 48. The number of aryl methyl sites for hydroxylation is 1. The van der Waals surface area contributed by atoms with Gasteiger partial charge in [-0.1, -0.05) is 60.2 Å². The molecule has 0 heterocycles. The van der Waals surface area contributed by atoms with Gasteiger partial charge in [-0.15, -0.1) is 0 Å². The summed E-state index contributed by atoms with van der Waals surface area (Å²) >= 11 is 0. The van der Waals surface area contributed by atoms with Gasteiger partial charge in [0, 0.05) is 26.1 Å². The predicted octanol–water partition coefficient (Wildman–Crippen LogP) is -8.70. The largest absolute Gasteiger partial charge is 0.394 e. The fourth-order valence-electron chi connectivity index (χ4n) is 9.29. The van der Waals surface area contributed by atoms with Crippen LogP contribution in [0, 0.1) is 6.92 Å². The molecule has 0 aliphatic heterocycles. The Labute approximate surface area is 574 Å². The van der Waals surface area contributed by atoms with Gasteiger partial charge in [-0.3, -0.25) is 72.3 Å². The number of amides is 13. The van der Waals surface area contributed by atoms with Crippen molar-refractivity contribution in [1.82, 2.24) is 69.1 Å². The number of primary amides is 1. The highest BCUT2D eigenvalue weighted by Gasteiger charge is 2.34. The first-order valence-electron chi connectivity index (χ1n) is 32.4. The average molecular weight is 1400 g/mol. The molecule has 0 unspecified atom stereocenters. The number of carbonyl (C=O) groups is 13. The van der Waals surface area contributed by atoms with Crippen LogP contribution in [0.5, 0.6) is 0 Å². The maximum absolute atomic E-state index is 14.1. The molecule has 550 valence electrons. The van der Waals surface area contributed by atoms with Gasteiger partial charge < -0.3 is 119 Å². The minimum absolute atomic E-state index is 0.0229. The second kappa shape index (κ2) is 46.9. The zero-order valence-corrected chi connectivity index (χ0v) is 56.5. The summed E-state index contributed by atoms with van der Waals surface area (Å²) in [6, 6.07) is 3.17. The van der Waals surface area contributed by atoms with Crippen LogP contribution in [-0.4, -0.2) is 218 Å². The van der Waals surface area contributed by atoms with Crippen molar-refractivity contribution in [3.63, 3.8) is 0 Å². The number of hydrogen-bond donors (Lipinski definition) is 22. The highest BCUT2D eigenvalue weighted by molar-refractivity contribution is 5.99. The van der Waals surface area contributed by atoms with Crippen molar-refractivity contribution in [1.29, 1.82) is 0 Å². The number of nitrogens with two attached hydrogens (primary N) is 7. The first-order chi connectivity index (χ1) is 47.0. The predicted molar refractivity (Wildman–Crippen MR) is 364 cm³/mol. The molecule has 29 N–H and O–H groups in total. The van der Waals surface area contributed by atoms with Gasteiger partial charge in [0.1, 0.15) is 54.4 Å². The topological polar surface area (TPSA) is 626 Å². The maximum atomic E-state index is 14.1. The monoisotopic (exact) mass is 1390 g/mol. The second-order valence-electron chi connectivity index (χ2n) is 23.3. The number of guanidine groups is 2. The van der Waals surface area contributed by atoms with Crippen LogP contribution in [0.4, 0.5) is 0 Å². The van der Waals surface area contributed by atoms with Gasteiger partial charge in [0.25, 0.3) is 0 Å². The van der Waals surface area contributed by atoms with Crippen molar-refractivity contribution < 1.29 is 72.5 Å². The second-order valence-corrected chi connectivity index (χ2v) is 23.3. The van der Waals surface area contributed by atoms with Crippen molar-refractivity contribution in [3.05, 3.63) is 71.3 Å². The van der Waals surface area contributed by atoms with Crippen LogP contribution < -0.4 is 109 Å². The third kappa shape index (κ3) is 35.6. The van der Waals surface area contributed by atoms with Gasteiger partial charge in [0.05, 0.1) is 38.9 Å². The fraction of sp³-hybridized carbons (Fsp3) is 0.565. The lowest BCUT2D eigenvalue weighted by molar-refractivity contribution is -0.136. The molecule has 99 heavy (non-hydrogen) atoms. The Hall–Kier alpha value is -10.1. The van der Waals surface area contributed by atoms with E-state index >= 15 is 0 Å². The third-order valence-electron chi connectivity index (χ3n) is 14.7. The Kier molecular flexibility index (Phi) is 40.3. The zero-order chi connectivity index (χ0) is 74.0. The van der Waals surface area contributed by atoms with Crippen LogP contribution >= 0.6 is 0 Å². The number of unbranched alkanes of at least 4 members (excludes halogenated alkanes) is 2. The summed E-state index contributed by atoms with van der Waals surface area (Å²) in [6.07, 6.45) is 0.0627. The minimum Gasteiger partial charge on any atom is -0.394 e. The van der Waals surface area contributed by atoms with E-state index in [1.807, 2.05) is 31.2 Å². The SMILES string of the molecule is Cc1cccc(CNCC(=O)NCC(=O)NCC(=O)N[C@@H](Cc2ccccc2)C(=O)N[C@@H](C(=O)NCC(=O)N[C@@H](C)C(=O)N[C@@H](CCCN=C(N)N)C(=O)N[C@@H](CCCCN)C(=O)N[C@@H](CO)C(=O)N[C@@H](C)C(=O)N[C@@H](CCCN=C(N)N)C(=O)N[C@@H](CCCCN)C(N)=O)[C@@H](C)O)c1. The average Bonchev–Trinajstić information content (AvgIpc) is 0.896. The molecule has 0 radical (unpaired) electrons. The van der Waals surface area contributed by atoms with Crippen LogP contribution in [-0.2, 0) is 75.3 Å². The fourth-order valence-corrected chi connectivity index (χ4v) is 9.29. The van der Waals surface area contributed by atoms with Gasteiger partial charge in [-0.25, -0.2) is 0 Å². The lowest BCUT2D eigenvalue weighted by Crippen LogP contribution is -2.60. The van der Waals surface area contributed by atoms with Crippen molar-refractivity contribution in [2.75, 3.05) is 59.0 Å². The summed E-state index contributed by atoms with van der Waals surface area (Å²) in [6.45, 7) is 3.59. The number of nitrogens with one attached hydrogen (secondary N) is 13. The summed E-state index contributed by atoms with van der Waals surface area (Å²) in [5.74, 6) is -11.9. The minimum atomic E-state index is -1.73. The maximum Gasteiger partial charge on any atom is 0.245 e. The van der Waals surface area contributed by atoms with Gasteiger partial charge in [-0.05, 0) is 116 Å². The highest BCUT2D eigenvalue weighted by Crippen LogP contribution is 2.10. The Balaban J connectivity index is 2.16. The number of aliphatic imine (C=N–C) groups is 2. The number of hydrogen-bond acceptors (Lipinski definition) is 20. The molecule has 0 spiro atoms. The quantitative estimate of drug-likeness (QED) is 0.0166. The molecule has 2 aromatic rings. The van der Waals surface area contributed by atoms with Gasteiger partial charge in [0.2, 0.25) is 76.8 Å². The summed E-state index contributed by atoms with van der Waals surface area (Å²) in [7, 11) is 0. The van der Waals surface area contributed by atoms with E-state index < -0.39 is 164 Å². The molecular formula is C62H102N22O15. The molecule has 0 saturated heterocycles. The molecule has 37 heteroatoms. The van der Waals surface area contributed by atoms with Crippen LogP contribution in [0.15, 0.2) is 64.6 Å². The molecule has 0 aliphatic carbocycles. The molecule has 2 rings (SSSR count). The molecule has 37 nitrogen and oxygen atoms in total. The Bertz CT molecular complexity index is 3040. The molecule has 0 fully saturated rings. The summed E-state index contributed by atoms with van der Waals surface area (Å²) in [4.78, 5) is 181. The Morgan fingerprint density at radius 2 is 0.869 bits per heavy atom. The zero-order valence-electron chi connectivity index (χ0n) is 56.5. The molecule has 13 amide bonds. The number of nitrogens with zero attached hydrogens (tertiary/aromatic N) is 2. The first kappa shape index (κ1) is 85.0. The van der Waals surface area contributed by atoms with Crippen LogP contribution in [0.25, 0.3) is 0 Å². The van der Waals surface area contributed by atoms with E-state index in [4.69, 9.17) is 40.1 Å². The number of aliphatic hydroxyl groups excluding tert-OH is 2. The summed E-state index contributed by atoms with van der Waals surface area (Å²) in [5.41, 5.74) is 41.2. The third-order valence-corrected chi connectivity index (χ3v) is 14.7. The van der Waals surface area contributed by atoms with E-state index in [0.717, 1.165) is 11.1 Å². The van der Waals surface area contributed by atoms with Crippen molar-refractivity contribution in [2.45, 2.75) is 165 Å². The number of benzene rings is 2. The lowest BCUT2D eigenvalue weighted by Gasteiger charge is -2.26. The van der Waals surface area contributed by atoms with E-state index in [2.05, 4.69) is 79.1 Å². The number of carbonyl (C=O) groups excluding carboxylic acids is 13. The first-order valence-corrected chi connectivity index (χ1v) is 32.4. The molecule has 2 aromatic carbocycles. The molecular weight excluding hydrogens is 1290 g/mol. The standard InChI is InChI=1S/C62H102N22O15/c1-35-15-12-18-40(27-35)29-70-30-47(87)73-31-48(88)74-32-50(90)78-45(28-39-16-6-5-7-17-39)58(97)84-51(38(4)86)60(99)75-33-49(89)76-36(2)53(92)80-44(22-14-26-72-62(68)69)56(95)82-42(20-9-11-24-64)57(96)83-46(34-85)59(98)77-37(3)54(93)81-43(21-13-25-71-61(66)67)55(94)79-41(52(65)91)19-8-10-23-63/h5-7,12,15-18,27,36-38,41-46,51,70,85-86H,8-11,13-14,19-26,28-34,63-64H2,1-4H3,(H2,65,91)(H,73,87)(H,74,88)(H,75,99)(H,76,89)(H,77,98)(H,78,90)(H,79,94)(H,80,92)(H,81,93)(H,82,95)(H,83,96)(H,84,97)(H4,66,67,71)(H4,68,69,72)/t36-,37-,38+,41-,42-,43-,44-,45-,46-,51+/m0/s1. The Morgan fingerprint density at radius 1 is 0.434 bits per heavy atom. The Morgan fingerprint density at radius 3 is 1.37 bits per heavy atom. The van der Waals surface area contributed by atoms with Gasteiger partial charge in [-0.2, -0.15) is 0 Å². The van der Waals surface area contributed by atoms with Crippen molar-refractivity contribution in [2.24, 2.45) is 50.1 Å². The lowest BCUT2D eigenvalue weighted by atomic mass is 10.0. The van der Waals surface area contributed by atoms with Gasteiger partial charge in [0.15, 0.2) is 11.9 Å². The van der Waals surface area contributed by atoms with E-state index in [0.29, 0.717) is 37.9 Å². The van der Waals surface area contributed by atoms with Crippen molar-refractivity contribution >= 4 is 88.7 Å². The molecule has 0 aromatic heterocycles. The summed E-state index contributed by atoms with van der Waals surface area (Å²) in [5, 5.41) is 53.2. The molecule has 0 saturated carbocycles.